The van der Waals surface area contributed by atoms with Crippen LogP contribution in [0.5, 0.6) is 0 Å². The molecule has 5 atom stereocenters. The summed E-state index contributed by atoms with van der Waals surface area (Å²) in [5.74, 6) is -1.38. The van der Waals surface area contributed by atoms with Gasteiger partial charge in [0.25, 0.3) is 52.3 Å². The van der Waals surface area contributed by atoms with Crippen LogP contribution >= 0.6 is 57.6 Å². The van der Waals surface area contributed by atoms with Crippen molar-refractivity contribution in [2.45, 2.75) is 151 Å². The lowest BCUT2D eigenvalue weighted by molar-refractivity contribution is -0.122. The number of hydrogen-bond acceptors (Lipinski definition) is 32. The Bertz CT molecular complexity index is 6160. The smallest absolute Gasteiger partial charge is 0.296 e. The molecule has 4 aromatic carbocycles. The standard InChI is InChI=1S/C20H26BrN6O5P.C20H26ClN6O5P.C20H26FN6O5P.C20H24N7O5P/c3*1-13(28)20(2,3)26-33(30,32-10-14-5-4-6-15(21)9-14)12-31-8-7-27-11-23-16-17(27)24-19(22)25-18(16)29;1-13(14(2)28)26-33(30,32-10-15-4-6-16(22-3)7-5-15)12-31-9-8-27-11-23-17-18(27)24-20(21)25-19(17)29/h3*4-6,9,11H,7-8,10,12H2,1-3H3,(H,26,30)(H3,22,24,25,29);4-7,11,13H,8-10,12H2,1-2H3,(H,26,30)(H3,21,24,25,29). The maximum absolute atomic E-state index is 13.5. The number of nitrogens with one attached hydrogen (secondary N) is 8. The molecule has 8 aromatic heterocycles. The lowest BCUT2D eigenvalue weighted by Gasteiger charge is -2.29. The fourth-order valence-corrected chi connectivity index (χ4v) is 19.7. The van der Waals surface area contributed by atoms with Gasteiger partial charge in [0, 0.05) is 35.7 Å². The van der Waals surface area contributed by atoms with Gasteiger partial charge in [-0.25, -0.2) is 49.5 Å². The lowest BCUT2D eigenvalue weighted by Crippen LogP contribution is -2.44. The number of carbonyl (C=O) groups is 4. The van der Waals surface area contributed by atoms with E-state index in [2.05, 4.69) is 101 Å². The molecule has 0 aliphatic rings. The van der Waals surface area contributed by atoms with Crippen LogP contribution in [0.4, 0.5) is 33.9 Å². The van der Waals surface area contributed by atoms with E-state index < -0.39 is 80.8 Å². The summed E-state index contributed by atoms with van der Waals surface area (Å²) in [6.07, 6.45) is 4.59. The second-order valence-corrected chi connectivity index (χ2v) is 40.9. The van der Waals surface area contributed by atoms with Gasteiger partial charge in [-0.2, -0.15) is 19.9 Å². The molecule has 0 saturated carbocycles. The largest absolute Gasteiger partial charge is 0.369 e. The monoisotopic (exact) mass is 1990 g/mol. The predicted octanol–water partition coefficient (Wildman–Crippen LogP) is 9.89. The molecular weight excluding hydrogens is 1890 g/mol. The van der Waals surface area contributed by atoms with Gasteiger partial charge >= 0.3 is 0 Å². The van der Waals surface area contributed by atoms with Crippen molar-refractivity contribution >= 4 is 155 Å². The molecule has 45 nitrogen and oxygen atoms in total. The first kappa shape index (κ1) is 104. The van der Waals surface area contributed by atoms with Crippen molar-refractivity contribution < 1.29 is 78.9 Å². The van der Waals surface area contributed by atoms with Crippen LogP contribution in [0.25, 0.3) is 49.5 Å². The van der Waals surface area contributed by atoms with Crippen LogP contribution in [0.3, 0.4) is 0 Å². The number of aromatic nitrogens is 16. The normalized spacial score (nSPS) is 13.9. The average Bonchev–Trinajstić information content (AvgIpc) is 1.68. The predicted molar refractivity (Wildman–Crippen MR) is 495 cm³/mol. The molecule has 5 unspecified atom stereocenters. The fourth-order valence-electron chi connectivity index (χ4n) is 11.5. The van der Waals surface area contributed by atoms with Gasteiger partial charge in [-0.15, -0.1) is 0 Å². The van der Waals surface area contributed by atoms with Gasteiger partial charge in [0.1, 0.15) is 54.3 Å². The average molecular weight is 1990 g/mol. The highest BCUT2D eigenvalue weighted by atomic mass is 79.9. The van der Waals surface area contributed by atoms with E-state index in [-0.39, 0.29) is 173 Å². The number of halogens is 3. The first-order valence-corrected chi connectivity index (χ1v) is 48.6. The highest BCUT2D eigenvalue weighted by molar-refractivity contribution is 9.10. The number of aromatic amines is 4. The Balaban J connectivity index is 0.000000198. The van der Waals surface area contributed by atoms with Crippen molar-refractivity contribution in [3.05, 3.63) is 213 Å². The number of Topliss-reactive ketones (excluding diaryl/α,β-unsaturated/α-hetero) is 4. The second kappa shape index (κ2) is 46.4. The third kappa shape index (κ3) is 30.7. The van der Waals surface area contributed by atoms with Crippen molar-refractivity contribution in [2.75, 3.05) is 74.8 Å². The first-order chi connectivity index (χ1) is 62.2. The summed E-state index contributed by atoms with van der Waals surface area (Å²) >= 11 is 9.40. The number of anilines is 4. The number of ether oxygens (including phenoxy) is 4. The van der Waals surface area contributed by atoms with Crippen molar-refractivity contribution in [3.63, 3.8) is 0 Å². The van der Waals surface area contributed by atoms with E-state index in [0.717, 1.165) is 21.2 Å². The van der Waals surface area contributed by atoms with Crippen LogP contribution < -0.4 is 65.5 Å². The molecule has 0 amide bonds. The van der Waals surface area contributed by atoms with Crippen molar-refractivity contribution in [1.29, 1.82) is 0 Å². The van der Waals surface area contributed by atoms with Gasteiger partial charge in [-0.05, 0) is 135 Å². The molecule has 708 valence electrons. The maximum Gasteiger partial charge on any atom is 0.296 e. The van der Waals surface area contributed by atoms with Crippen molar-refractivity contribution in [1.82, 2.24) is 98.4 Å². The van der Waals surface area contributed by atoms with E-state index in [0.29, 0.717) is 38.9 Å². The third-order valence-corrected chi connectivity index (χ3v) is 27.9. The number of imidazole rings is 4. The van der Waals surface area contributed by atoms with E-state index in [9.17, 15) is 61.0 Å². The molecule has 0 aliphatic carbocycles. The molecule has 12 rings (SSSR count). The zero-order chi connectivity index (χ0) is 96.7. The minimum atomic E-state index is -3.68. The van der Waals surface area contributed by atoms with Crippen LogP contribution in [-0.2, 0) is 127 Å². The van der Waals surface area contributed by atoms with E-state index in [4.69, 9.17) is 78.2 Å². The third-order valence-electron chi connectivity index (χ3n) is 19.4. The molecule has 0 radical (unpaired) electrons. The first-order valence-electron chi connectivity index (χ1n) is 40.1. The summed E-state index contributed by atoms with van der Waals surface area (Å²) in [7, 11) is -14.4. The Morgan fingerprint density at radius 1 is 0.470 bits per heavy atom. The number of carbonyl (C=O) groups excluding carboxylic acids is 4. The Kier molecular flexibility index (Phi) is 36.8. The van der Waals surface area contributed by atoms with Gasteiger partial charge in [0.2, 0.25) is 23.8 Å². The Hall–Kier alpha value is -11.2. The number of benzene rings is 4. The number of nitrogen functional groups attached to an aromatic ring is 4. The Morgan fingerprint density at radius 3 is 1.08 bits per heavy atom. The van der Waals surface area contributed by atoms with E-state index in [1.165, 1.54) is 71.2 Å². The number of H-pyrrole nitrogens is 4. The minimum Gasteiger partial charge on any atom is -0.369 e. The SMILES string of the molecule is CC(=O)C(C)(C)NP(=O)(COCCn1cnc2c(=O)[nH]c(N)nc21)OCc1cccc(Br)c1.CC(=O)C(C)(C)NP(=O)(COCCn1cnc2c(=O)[nH]c(N)nc21)OCc1cccc(Cl)c1.CC(=O)C(C)(C)NP(=O)(COCCn1cnc2c(=O)[nH]c(N)nc21)OCc1cccc(F)c1.[C-]#[N+]c1ccc(COP(=O)(COCCn2cnc3c(=O)[nH]c(N)nc32)NC(C)C(C)=O)cc1. The lowest BCUT2D eigenvalue weighted by atomic mass is 10.0. The number of rotatable bonds is 44. The van der Waals surface area contributed by atoms with Gasteiger partial charge in [-0.3, -0.25) is 76.6 Å². The maximum atomic E-state index is 13.5. The summed E-state index contributed by atoms with van der Waals surface area (Å²) in [5.41, 5.74) is 22.4. The molecular formula is C80H102BrClFN25O20P4. The zero-order valence-electron chi connectivity index (χ0n) is 73.6. The van der Waals surface area contributed by atoms with Crippen LogP contribution in [0, 0.1) is 12.4 Å². The quantitative estimate of drug-likeness (QED) is 0.00959. The van der Waals surface area contributed by atoms with Gasteiger partial charge < -0.3 is 78.2 Å². The van der Waals surface area contributed by atoms with E-state index in [1.54, 1.807) is 121 Å². The fraction of sp³-hybridized carbons (Fsp3) is 0.388. The molecule has 0 spiro atoms. The highest BCUT2D eigenvalue weighted by Crippen LogP contribution is 2.49. The number of fused-ring (bicyclic) bond motifs is 4. The summed E-state index contributed by atoms with van der Waals surface area (Å²) in [4.78, 5) is 140. The van der Waals surface area contributed by atoms with Crippen LogP contribution in [0.2, 0.25) is 5.02 Å². The summed E-state index contributed by atoms with van der Waals surface area (Å²) < 4.78 is 120. The number of nitrogens with zero attached hydrogens (tertiary/aromatic N) is 13. The van der Waals surface area contributed by atoms with E-state index >= 15 is 0 Å². The van der Waals surface area contributed by atoms with Crippen molar-refractivity contribution in [2.24, 2.45) is 0 Å². The van der Waals surface area contributed by atoms with E-state index in [1.807, 2.05) is 24.3 Å². The Labute approximate surface area is 766 Å². The topological polar surface area (TPSA) is 621 Å². The molecule has 132 heavy (non-hydrogen) atoms. The van der Waals surface area contributed by atoms with Crippen LogP contribution in [-0.4, -0.2) is 176 Å². The zero-order valence-corrected chi connectivity index (χ0v) is 79.6. The summed E-state index contributed by atoms with van der Waals surface area (Å²) in [6, 6.07) is 26.1. The summed E-state index contributed by atoms with van der Waals surface area (Å²) in [5, 5.41) is 11.7. The highest BCUT2D eigenvalue weighted by Gasteiger charge is 2.39. The molecule has 0 bridgehead atoms. The molecule has 0 fully saturated rings. The summed E-state index contributed by atoms with van der Waals surface area (Å²) in [6.45, 7) is 25.3. The Morgan fingerprint density at radius 2 is 0.773 bits per heavy atom. The molecule has 8 heterocycles. The number of nitrogens with two attached hydrogens (primary N) is 4. The van der Waals surface area contributed by atoms with Gasteiger partial charge in [0.15, 0.2) is 50.3 Å². The van der Waals surface area contributed by atoms with Gasteiger partial charge in [-0.1, -0.05) is 88.2 Å². The van der Waals surface area contributed by atoms with Crippen molar-refractivity contribution in [3.8, 4) is 0 Å². The van der Waals surface area contributed by atoms with Gasteiger partial charge in [0.05, 0.1) is 107 Å². The molecule has 0 aliphatic heterocycles. The van der Waals surface area contributed by atoms with Crippen LogP contribution in [0.1, 0.15) is 98.4 Å². The molecule has 12 aromatic rings. The molecule has 0 saturated heterocycles. The number of hydrogen-bond donors (Lipinski definition) is 12. The minimum absolute atomic E-state index is 0.00861. The molecule has 52 heteroatoms. The van der Waals surface area contributed by atoms with Crippen LogP contribution in [0.15, 0.2) is 146 Å². The molecule has 16 N–H and O–H groups in total. The second-order valence-electron chi connectivity index (χ2n) is 31.2. The number of ketones is 4.